The maximum absolute atomic E-state index is 12.9. The second-order valence-corrected chi connectivity index (χ2v) is 12.5. The van der Waals surface area contributed by atoms with Gasteiger partial charge in [0.25, 0.3) is 16.4 Å². The Bertz CT molecular complexity index is 848. The number of nitrogens with one attached hydrogen (secondary N) is 1. The Balaban J connectivity index is 1.93. The van der Waals surface area contributed by atoms with E-state index in [0.717, 1.165) is 51.4 Å². The normalized spacial score (nSPS) is 19.5. The first-order valence-electron chi connectivity index (χ1n) is 13.3. The van der Waals surface area contributed by atoms with E-state index in [1.54, 1.807) is 0 Å². The summed E-state index contributed by atoms with van der Waals surface area (Å²) in [6, 6.07) is 0. The topological polar surface area (TPSA) is 155 Å². The van der Waals surface area contributed by atoms with Gasteiger partial charge in [0.15, 0.2) is 6.10 Å². The Morgan fingerprint density at radius 2 is 1.57 bits per heavy atom. The summed E-state index contributed by atoms with van der Waals surface area (Å²) in [5.41, 5.74) is -1.32. The van der Waals surface area contributed by atoms with Gasteiger partial charge < -0.3 is 24.6 Å². The van der Waals surface area contributed by atoms with E-state index in [4.69, 9.17) is 18.4 Å². The van der Waals surface area contributed by atoms with Gasteiger partial charge in [0.05, 0.1) is 12.4 Å². The van der Waals surface area contributed by atoms with E-state index in [9.17, 15) is 27.9 Å². The second-order valence-electron chi connectivity index (χ2n) is 10.7. The minimum Gasteiger partial charge on any atom is -0.431 e. The number of hydrogen-bond donors (Lipinski definition) is 2. The van der Waals surface area contributed by atoms with Crippen LogP contribution in [0.3, 0.4) is 0 Å². The van der Waals surface area contributed by atoms with Crippen molar-refractivity contribution in [2.45, 2.75) is 110 Å². The van der Waals surface area contributed by atoms with Crippen molar-refractivity contribution >= 4 is 28.1 Å². The van der Waals surface area contributed by atoms with Crippen molar-refractivity contribution in [3.63, 3.8) is 0 Å². The smallest absolute Gasteiger partial charge is 0.431 e. The zero-order valence-corrected chi connectivity index (χ0v) is 23.1. The molecule has 0 bridgehead atoms. The zero-order chi connectivity index (χ0) is 27.5. The van der Waals surface area contributed by atoms with Crippen molar-refractivity contribution in [3.8, 4) is 0 Å². The average molecular weight is 550 g/mol. The number of amides is 1. The average Bonchev–Trinajstić information content (AvgIpc) is 2.85. The summed E-state index contributed by atoms with van der Waals surface area (Å²) in [6.07, 6.45) is 4.97. The van der Waals surface area contributed by atoms with Crippen molar-refractivity contribution in [2.24, 2.45) is 11.3 Å². The number of rotatable bonds is 13. The lowest BCUT2D eigenvalue weighted by molar-refractivity contribution is -0.199. The highest BCUT2D eigenvalue weighted by molar-refractivity contribution is 7.86. The lowest BCUT2D eigenvalue weighted by Gasteiger charge is -2.33. The van der Waals surface area contributed by atoms with Crippen molar-refractivity contribution in [2.75, 3.05) is 18.9 Å². The molecule has 2 rings (SSSR count). The molecule has 0 radical (unpaired) electrons. The van der Waals surface area contributed by atoms with Crippen LogP contribution in [0.15, 0.2) is 0 Å². The monoisotopic (exact) mass is 549 g/mol. The van der Waals surface area contributed by atoms with Crippen molar-refractivity contribution < 1.29 is 46.3 Å². The predicted octanol–water partition coefficient (Wildman–Crippen LogP) is 3.18. The zero-order valence-electron chi connectivity index (χ0n) is 22.2. The van der Waals surface area contributed by atoms with Crippen LogP contribution in [0.1, 0.15) is 91.4 Å². The van der Waals surface area contributed by atoms with E-state index < -0.39 is 46.7 Å². The Kier molecular flexibility index (Phi) is 12.6. The number of hydrogen-bond acceptors (Lipinski definition) is 10. The van der Waals surface area contributed by atoms with E-state index >= 15 is 0 Å². The van der Waals surface area contributed by atoms with Crippen LogP contribution in [0, 0.1) is 11.3 Å². The van der Waals surface area contributed by atoms with Crippen LogP contribution < -0.4 is 5.32 Å². The molecule has 2 N–H and O–H groups in total. The maximum atomic E-state index is 12.9. The summed E-state index contributed by atoms with van der Waals surface area (Å²) >= 11 is 0. The number of esters is 1. The van der Waals surface area contributed by atoms with Crippen LogP contribution in [0.25, 0.3) is 0 Å². The fourth-order valence-corrected chi connectivity index (χ4v) is 5.55. The highest BCUT2D eigenvalue weighted by Gasteiger charge is 2.40. The van der Waals surface area contributed by atoms with Crippen molar-refractivity contribution in [3.05, 3.63) is 0 Å². The number of aliphatic hydroxyl groups excluding tert-OH is 1. The number of ether oxygens (including phenoxy) is 3. The quantitative estimate of drug-likeness (QED) is 0.151. The number of carbonyl (C=O) groups excluding carboxylic acids is 3. The summed E-state index contributed by atoms with van der Waals surface area (Å²) < 4.78 is 45.7. The first-order valence-corrected chi connectivity index (χ1v) is 14.8. The van der Waals surface area contributed by atoms with Gasteiger partial charge in [0.1, 0.15) is 6.10 Å². The van der Waals surface area contributed by atoms with Gasteiger partial charge in [-0.15, -0.1) is 0 Å². The third-order valence-corrected chi connectivity index (χ3v) is 8.08. The minimum absolute atomic E-state index is 0.157. The van der Waals surface area contributed by atoms with Crippen LogP contribution in [0.4, 0.5) is 4.79 Å². The molecule has 1 amide bonds. The second kappa shape index (κ2) is 14.9. The summed E-state index contributed by atoms with van der Waals surface area (Å²) in [5, 5.41) is 13.2. The molecule has 0 aromatic carbocycles. The minimum atomic E-state index is -3.94. The van der Waals surface area contributed by atoms with Gasteiger partial charge in [0.2, 0.25) is 5.91 Å². The molecule has 2 atom stereocenters. The molecular formula is C25H43NO10S. The molecule has 0 aliphatic heterocycles. The molecule has 0 heterocycles. The van der Waals surface area contributed by atoms with Crippen LogP contribution >= 0.6 is 0 Å². The van der Waals surface area contributed by atoms with Crippen LogP contribution in [0.5, 0.6) is 0 Å². The standard InChI is InChI=1S/C25H43NO10S/c1-18(27)26-15-10-16-37(31,32)33-17-25(2,3)21(28)22(29)35-23(19-11-6-4-7-12-19)36-24(30)34-20-13-8-5-9-14-20/h19-21,23,28H,4-17H2,1-3H3,(H,26,27)/t21-,23?/m0/s1. The van der Waals surface area contributed by atoms with Crippen molar-refractivity contribution in [1.82, 2.24) is 5.32 Å². The van der Waals surface area contributed by atoms with E-state index in [0.29, 0.717) is 12.8 Å². The van der Waals surface area contributed by atoms with E-state index in [2.05, 4.69) is 5.32 Å². The van der Waals surface area contributed by atoms with Gasteiger partial charge >= 0.3 is 12.1 Å². The third kappa shape index (κ3) is 11.6. The van der Waals surface area contributed by atoms with Gasteiger partial charge in [-0.1, -0.05) is 39.5 Å². The first-order chi connectivity index (χ1) is 17.4. The molecule has 2 aliphatic rings. The summed E-state index contributed by atoms with van der Waals surface area (Å²) in [5.74, 6) is -1.84. The lowest BCUT2D eigenvalue weighted by Crippen LogP contribution is -2.44. The molecule has 0 saturated heterocycles. The summed E-state index contributed by atoms with van der Waals surface area (Å²) in [6.45, 7) is 3.99. The molecule has 0 spiro atoms. The molecule has 214 valence electrons. The van der Waals surface area contributed by atoms with Gasteiger partial charge in [0, 0.05) is 24.8 Å². The molecule has 2 fully saturated rings. The Hall–Kier alpha value is -1.92. The highest BCUT2D eigenvalue weighted by atomic mass is 32.2. The molecule has 0 aromatic rings. The Morgan fingerprint density at radius 3 is 2.16 bits per heavy atom. The van der Waals surface area contributed by atoms with Crippen molar-refractivity contribution in [1.29, 1.82) is 0 Å². The number of carbonyl (C=O) groups is 3. The van der Waals surface area contributed by atoms with E-state index in [1.807, 2.05) is 0 Å². The summed E-state index contributed by atoms with van der Waals surface area (Å²) in [4.78, 5) is 36.2. The fourth-order valence-electron chi connectivity index (χ4n) is 4.46. The lowest BCUT2D eigenvalue weighted by atomic mass is 9.87. The molecule has 37 heavy (non-hydrogen) atoms. The molecule has 1 unspecified atom stereocenters. The van der Waals surface area contributed by atoms with Gasteiger partial charge in [-0.05, 0) is 44.9 Å². The van der Waals surface area contributed by atoms with Crippen LogP contribution in [0.2, 0.25) is 0 Å². The maximum Gasteiger partial charge on any atom is 0.511 e. The Morgan fingerprint density at radius 1 is 0.973 bits per heavy atom. The first kappa shape index (κ1) is 31.3. The molecule has 2 aliphatic carbocycles. The van der Waals surface area contributed by atoms with E-state index in [1.165, 1.54) is 20.8 Å². The summed E-state index contributed by atoms with van der Waals surface area (Å²) in [7, 11) is -3.94. The van der Waals surface area contributed by atoms with Crippen LogP contribution in [-0.4, -0.2) is 69.0 Å². The molecule has 0 aromatic heterocycles. The third-order valence-electron chi connectivity index (χ3n) is 6.81. The predicted molar refractivity (Wildman–Crippen MR) is 134 cm³/mol. The van der Waals surface area contributed by atoms with Gasteiger partial charge in [-0.2, -0.15) is 8.42 Å². The van der Waals surface area contributed by atoms with Gasteiger partial charge in [-0.3, -0.25) is 8.98 Å². The molecular weight excluding hydrogens is 506 g/mol. The molecule has 11 nitrogen and oxygen atoms in total. The molecule has 2 saturated carbocycles. The molecule has 12 heteroatoms. The van der Waals surface area contributed by atoms with E-state index in [-0.39, 0.29) is 36.6 Å². The van der Waals surface area contributed by atoms with Crippen LogP contribution in [-0.2, 0) is 38.1 Å². The largest absolute Gasteiger partial charge is 0.511 e. The van der Waals surface area contributed by atoms with Gasteiger partial charge in [-0.25, -0.2) is 9.59 Å². The Labute approximate surface area is 220 Å². The number of aliphatic hydroxyl groups is 1. The SMILES string of the molecule is CC(=O)NCCCS(=O)(=O)OCC(C)(C)[C@@H](O)C(=O)OC(OC(=O)OC1CCCCC1)C1CCCCC1. The highest BCUT2D eigenvalue weighted by Crippen LogP contribution is 2.31. The fraction of sp³-hybridized carbons (Fsp3) is 0.880.